The van der Waals surface area contributed by atoms with Gasteiger partial charge >= 0.3 is 0 Å². The summed E-state index contributed by atoms with van der Waals surface area (Å²) in [6.07, 6.45) is 7.60. The predicted molar refractivity (Wildman–Crippen MR) is 73.2 cm³/mol. The van der Waals surface area contributed by atoms with Crippen molar-refractivity contribution in [2.24, 2.45) is 11.7 Å². The van der Waals surface area contributed by atoms with E-state index in [1.165, 1.54) is 38.5 Å². The van der Waals surface area contributed by atoms with Gasteiger partial charge in [0.2, 0.25) is 5.91 Å². The summed E-state index contributed by atoms with van der Waals surface area (Å²) in [6.45, 7) is 5.31. The van der Waals surface area contributed by atoms with Crippen LogP contribution in [-0.4, -0.2) is 42.5 Å². The third kappa shape index (κ3) is 4.25. The Labute approximate surface area is 110 Å². The van der Waals surface area contributed by atoms with Crippen molar-refractivity contribution in [3.63, 3.8) is 0 Å². The second-order valence-electron chi connectivity index (χ2n) is 5.93. The number of rotatable bonds is 7. The molecule has 0 aromatic heterocycles. The molecule has 1 unspecified atom stereocenters. The normalized spacial score (nSPS) is 24.1. The van der Waals surface area contributed by atoms with Crippen molar-refractivity contribution >= 4 is 5.91 Å². The second kappa shape index (κ2) is 6.53. The quantitative estimate of drug-likeness (QED) is 0.714. The van der Waals surface area contributed by atoms with Gasteiger partial charge < -0.3 is 16.0 Å². The summed E-state index contributed by atoms with van der Waals surface area (Å²) in [7, 11) is 0. The first-order chi connectivity index (χ1) is 8.69. The van der Waals surface area contributed by atoms with E-state index >= 15 is 0 Å². The van der Waals surface area contributed by atoms with E-state index in [0.29, 0.717) is 6.04 Å². The molecule has 3 N–H and O–H groups in total. The van der Waals surface area contributed by atoms with E-state index in [-0.39, 0.29) is 11.9 Å². The van der Waals surface area contributed by atoms with E-state index in [1.807, 2.05) is 0 Å². The fraction of sp³-hybridized carbons (Fsp3) is 0.929. The molecule has 4 nitrogen and oxygen atoms in total. The molecule has 1 amide bonds. The molecule has 0 radical (unpaired) electrons. The predicted octanol–water partition coefficient (Wildman–Crippen LogP) is 1.10. The molecule has 0 spiro atoms. The van der Waals surface area contributed by atoms with Crippen LogP contribution in [0.1, 0.15) is 45.4 Å². The molecule has 104 valence electrons. The number of piperidine rings is 1. The Hall–Kier alpha value is -0.610. The number of nitrogens with zero attached hydrogens (tertiary/aromatic N) is 1. The summed E-state index contributed by atoms with van der Waals surface area (Å²) in [6, 6.07) is 0.389. The molecule has 4 heteroatoms. The number of hydrogen-bond acceptors (Lipinski definition) is 3. The van der Waals surface area contributed by atoms with E-state index < -0.39 is 0 Å². The molecule has 0 aromatic carbocycles. The maximum atomic E-state index is 11.4. The minimum absolute atomic E-state index is 0.153. The smallest absolute Gasteiger partial charge is 0.235 e. The highest BCUT2D eigenvalue weighted by molar-refractivity contribution is 5.80. The van der Waals surface area contributed by atoms with E-state index in [4.69, 9.17) is 5.73 Å². The van der Waals surface area contributed by atoms with Crippen molar-refractivity contribution in [3.05, 3.63) is 0 Å². The Kier molecular flexibility index (Phi) is 5.01. The third-order valence-corrected chi connectivity index (χ3v) is 4.20. The Morgan fingerprint density at radius 2 is 2.00 bits per heavy atom. The molecule has 2 aliphatic rings. The zero-order valence-corrected chi connectivity index (χ0v) is 11.5. The molecular formula is C14H27N3O. The standard InChI is InChI=1S/C14H27N3O/c1-2-3-11-6-8-17(9-7-11)10-13(14(15)18)16-12-4-5-12/h11-13,16H,2-10H2,1H3,(H2,15,18). The first kappa shape index (κ1) is 13.8. The van der Waals surface area contributed by atoms with Gasteiger partial charge in [-0.15, -0.1) is 0 Å². The molecule has 2 fully saturated rings. The summed E-state index contributed by atoms with van der Waals surface area (Å²) in [4.78, 5) is 13.8. The number of carbonyl (C=O) groups excluding carboxylic acids is 1. The summed E-state index contributed by atoms with van der Waals surface area (Å²) in [5, 5.41) is 3.36. The Morgan fingerprint density at radius 1 is 1.33 bits per heavy atom. The zero-order valence-electron chi connectivity index (χ0n) is 11.5. The first-order valence-corrected chi connectivity index (χ1v) is 7.46. The summed E-state index contributed by atoms with van der Waals surface area (Å²) in [5.41, 5.74) is 5.48. The van der Waals surface area contributed by atoms with Gasteiger partial charge in [0.05, 0.1) is 6.04 Å². The number of likely N-dealkylation sites (tertiary alicyclic amines) is 1. The van der Waals surface area contributed by atoms with Crippen molar-refractivity contribution in [1.29, 1.82) is 0 Å². The van der Waals surface area contributed by atoms with E-state index in [9.17, 15) is 4.79 Å². The highest BCUT2D eigenvalue weighted by Crippen LogP contribution is 2.23. The molecular weight excluding hydrogens is 226 g/mol. The molecule has 1 saturated heterocycles. The van der Waals surface area contributed by atoms with Crippen molar-refractivity contribution < 1.29 is 4.79 Å². The minimum atomic E-state index is -0.197. The van der Waals surface area contributed by atoms with Crippen LogP contribution < -0.4 is 11.1 Å². The van der Waals surface area contributed by atoms with Gasteiger partial charge in [-0.25, -0.2) is 0 Å². The van der Waals surface area contributed by atoms with Gasteiger partial charge in [0.25, 0.3) is 0 Å². The Morgan fingerprint density at radius 3 is 2.50 bits per heavy atom. The maximum absolute atomic E-state index is 11.4. The largest absolute Gasteiger partial charge is 0.368 e. The number of carbonyl (C=O) groups is 1. The van der Waals surface area contributed by atoms with Crippen LogP contribution in [0.15, 0.2) is 0 Å². The van der Waals surface area contributed by atoms with Gasteiger partial charge in [-0.3, -0.25) is 4.79 Å². The lowest BCUT2D eigenvalue weighted by Crippen LogP contribution is -2.51. The number of amides is 1. The van der Waals surface area contributed by atoms with Crippen molar-refractivity contribution in [2.75, 3.05) is 19.6 Å². The topological polar surface area (TPSA) is 58.4 Å². The number of nitrogens with two attached hydrogens (primary N) is 1. The molecule has 2 rings (SSSR count). The SMILES string of the molecule is CCCC1CCN(CC(NC2CC2)C(N)=O)CC1. The van der Waals surface area contributed by atoms with Crippen LogP contribution in [0.4, 0.5) is 0 Å². The van der Waals surface area contributed by atoms with Crippen molar-refractivity contribution in [1.82, 2.24) is 10.2 Å². The minimum Gasteiger partial charge on any atom is -0.368 e. The number of hydrogen-bond donors (Lipinski definition) is 2. The zero-order chi connectivity index (χ0) is 13.0. The molecule has 1 saturated carbocycles. The fourth-order valence-electron chi connectivity index (χ4n) is 2.88. The van der Waals surface area contributed by atoms with Crippen LogP contribution in [-0.2, 0) is 4.79 Å². The number of nitrogens with one attached hydrogen (secondary N) is 1. The Balaban J connectivity index is 1.72. The molecule has 1 atom stereocenters. The average Bonchev–Trinajstić information content (AvgIpc) is 3.15. The average molecular weight is 253 g/mol. The van der Waals surface area contributed by atoms with Gasteiger partial charge in [0.1, 0.15) is 0 Å². The maximum Gasteiger partial charge on any atom is 0.235 e. The lowest BCUT2D eigenvalue weighted by molar-refractivity contribution is -0.120. The van der Waals surface area contributed by atoms with Gasteiger partial charge in [0.15, 0.2) is 0 Å². The van der Waals surface area contributed by atoms with Gasteiger partial charge in [-0.2, -0.15) is 0 Å². The highest BCUT2D eigenvalue weighted by atomic mass is 16.1. The molecule has 0 aromatic rings. The van der Waals surface area contributed by atoms with Crippen molar-refractivity contribution in [3.8, 4) is 0 Å². The Bertz CT molecular complexity index is 270. The number of primary amides is 1. The lowest BCUT2D eigenvalue weighted by atomic mass is 9.92. The monoisotopic (exact) mass is 253 g/mol. The van der Waals surface area contributed by atoms with E-state index in [1.54, 1.807) is 0 Å². The van der Waals surface area contributed by atoms with Gasteiger partial charge in [-0.1, -0.05) is 19.8 Å². The fourth-order valence-corrected chi connectivity index (χ4v) is 2.88. The van der Waals surface area contributed by atoms with Crippen molar-refractivity contribution in [2.45, 2.75) is 57.5 Å². The van der Waals surface area contributed by atoms with Crippen LogP contribution in [0.25, 0.3) is 0 Å². The lowest BCUT2D eigenvalue weighted by Gasteiger charge is -2.33. The molecule has 1 aliphatic carbocycles. The van der Waals surface area contributed by atoms with E-state index in [0.717, 1.165) is 25.6 Å². The van der Waals surface area contributed by atoms with Gasteiger partial charge in [-0.05, 0) is 44.7 Å². The second-order valence-corrected chi connectivity index (χ2v) is 5.93. The summed E-state index contributed by atoms with van der Waals surface area (Å²) in [5.74, 6) is 0.701. The molecule has 1 heterocycles. The third-order valence-electron chi connectivity index (χ3n) is 4.20. The molecule has 1 aliphatic heterocycles. The van der Waals surface area contributed by atoms with Crippen LogP contribution in [0.3, 0.4) is 0 Å². The van der Waals surface area contributed by atoms with E-state index in [2.05, 4.69) is 17.1 Å². The van der Waals surface area contributed by atoms with Crippen LogP contribution in [0, 0.1) is 5.92 Å². The highest BCUT2D eigenvalue weighted by Gasteiger charge is 2.29. The van der Waals surface area contributed by atoms with Gasteiger partial charge in [0, 0.05) is 12.6 Å². The summed E-state index contributed by atoms with van der Waals surface area (Å²) < 4.78 is 0. The molecule has 18 heavy (non-hydrogen) atoms. The van der Waals surface area contributed by atoms with Crippen LogP contribution in [0.5, 0.6) is 0 Å². The van der Waals surface area contributed by atoms with Crippen LogP contribution in [0.2, 0.25) is 0 Å². The van der Waals surface area contributed by atoms with Crippen LogP contribution >= 0.6 is 0 Å². The molecule has 0 bridgehead atoms. The first-order valence-electron chi connectivity index (χ1n) is 7.46. The summed E-state index contributed by atoms with van der Waals surface area (Å²) >= 11 is 0.